The lowest BCUT2D eigenvalue weighted by molar-refractivity contribution is 0.0946. The highest BCUT2D eigenvalue weighted by Crippen LogP contribution is 2.19. The Hall–Kier alpha value is -1.75. The Balaban J connectivity index is 2.13. The number of rotatable bonds is 3. The van der Waals surface area contributed by atoms with Crippen molar-refractivity contribution in [1.82, 2.24) is 10.3 Å². The van der Waals surface area contributed by atoms with Crippen molar-refractivity contribution in [3.05, 3.63) is 63.6 Å². The molecule has 3 nitrogen and oxygen atoms in total. The van der Waals surface area contributed by atoms with E-state index in [9.17, 15) is 9.18 Å². The number of benzene rings is 1. The van der Waals surface area contributed by atoms with Crippen LogP contribution in [0.2, 0.25) is 0 Å². The van der Waals surface area contributed by atoms with E-state index >= 15 is 0 Å². The zero-order valence-electron chi connectivity index (χ0n) is 10.3. The number of carbonyl (C=O) groups is 1. The number of nitrogens with zero attached hydrogens (tertiary/aromatic N) is 1. The van der Waals surface area contributed by atoms with E-state index in [0.717, 1.165) is 11.1 Å². The first-order valence-electron chi connectivity index (χ1n) is 5.71. The molecule has 0 aliphatic heterocycles. The summed E-state index contributed by atoms with van der Waals surface area (Å²) in [6, 6.07) is 6.27. The lowest BCUT2D eigenvalue weighted by atomic mass is 10.1. The standard InChI is InChI=1S/C14H12BrFN2O/c1-9-7-17-6-5-10(9)8-18-14(19)13-11(15)3-2-4-12(13)16/h2-7H,8H2,1H3,(H,18,19). The molecule has 0 aliphatic carbocycles. The van der Waals surface area contributed by atoms with Gasteiger partial charge in [-0.05, 0) is 52.2 Å². The molecule has 5 heteroatoms. The van der Waals surface area contributed by atoms with Gasteiger partial charge in [0.25, 0.3) is 5.91 Å². The first-order valence-corrected chi connectivity index (χ1v) is 6.50. The molecular formula is C14H12BrFN2O. The fraction of sp³-hybridized carbons (Fsp3) is 0.143. The van der Waals surface area contributed by atoms with Gasteiger partial charge in [-0.1, -0.05) is 6.07 Å². The first-order chi connectivity index (χ1) is 9.09. The van der Waals surface area contributed by atoms with Crippen LogP contribution in [0.3, 0.4) is 0 Å². The minimum Gasteiger partial charge on any atom is -0.348 e. The molecular weight excluding hydrogens is 311 g/mol. The van der Waals surface area contributed by atoms with Crippen molar-refractivity contribution in [3.63, 3.8) is 0 Å². The van der Waals surface area contributed by atoms with Gasteiger partial charge in [0.2, 0.25) is 0 Å². The molecule has 0 unspecified atom stereocenters. The van der Waals surface area contributed by atoms with Crippen molar-refractivity contribution in [3.8, 4) is 0 Å². The Labute approximate surface area is 119 Å². The van der Waals surface area contributed by atoms with Crippen LogP contribution in [-0.4, -0.2) is 10.9 Å². The predicted molar refractivity (Wildman–Crippen MR) is 74.2 cm³/mol. The van der Waals surface area contributed by atoms with Crippen LogP contribution in [0.25, 0.3) is 0 Å². The van der Waals surface area contributed by atoms with E-state index < -0.39 is 11.7 Å². The largest absolute Gasteiger partial charge is 0.348 e. The number of amides is 1. The van der Waals surface area contributed by atoms with E-state index in [1.807, 2.05) is 13.0 Å². The summed E-state index contributed by atoms with van der Waals surface area (Å²) in [7, 11) is 0. The maximum Gasteiger partial charge on any atom is 0.255 e. The number of halogens is 2. The number of aryl methyl sites for hydroxylation is 1. The van der Waals surface area contributed by atoms with Crippen LogP contribution in [0.1, 0.15) is 21.5 Å². The summed E-state index contributed by atoms with van der Waals surface area (Å²) in [5, 5.41) is 2.70. The smallest absolute Gasteiger partial charge is 0.255 e. The molecule has 1 heterocycles. The molecule has 2 aromatic rings. The number of hydrogen-bond donors (Lipinski definition) is 1. The van der Waals surface area contributed by atoms with E-state index in [1.165, 1.54) is 6.07 Å². The van der Waals surface area contributed by atoms with Crippen LogP contribution in [0.4, 0.5) is 4.39 Å². The Kier molecular flexibility index (Phi) is 4.27. The molecule has 0 saturated heterocycles. The van der Waals surface area contributed by atoms with Crippen molar-refractivity contribution >= 4 is 21.8 Å². The zero-order valence-corrected chi connectivity index (χ0v) is 11.9. The number of nitrogens with one attached hydrogen (secondary N) is 1. The fourth-order valence-corrected chi connectivity index (χ4v) is 2.20. The van der Waals surface area contributed by atoms with Crippen LogP contribution in [0, 0.1) is 12.7 Å². The van der Waals surface area contributed by atoms with E-state index in [4.69, 9.17) is 0 Å². The molecule has 0 saturated carbocycles. The Morgan fingerprint density at radius 3 is 2.89 bits per heavy atom. The summed E-state index contributed by atoms with van der Waals surface area (Å²) in [6.45, 7) is 2.25. The molecule has 2 rings (SSSR count). The van der Waals surface area contributed by atoms with Gasteiger partial charge in [0.05, 0.1) is 5.56 Å². The van der Waals surface area contributed by atoms with Crippen LogP contribution in [0.15, 0.2) is 41.1 Å². The molecule has 98 valence electrons. The highest BCUT2D eigenvalue weighted by molar-refractivity contribution is 9.10. The third-order valence-corrected chi connectivity index (χ3v) is 3.43. The van der Waals surface area contributed by atoms with Gasteiger partial charge in [0, 0.05) is 23.4 Å². The third-order valence-electron chi connectivity index (χ3n) is 2.77. The van der Waals surface area contributed by atoms with Crippen molar-refractivity contribution in [2.75, 3.05) is 0 Å². The lowest BCUT2D eigenvalue weighted by Crippen LogP contribution is -2.24. The fourth-order valence-electron chi connectivity index (χ4n) is 1.68. The summed E-state index contributed by atoms with van der Waals surface area (Å²) in [5.74, 6) is -0.987. The second-order valence-corrected chi connectivity index (χ2v) is 4.94. The minimum absolute atomic E-state index is 0.0224. The normalized spacial score (nSPS) is 10.3. The maximum atomic E-state index is 13.6. The minimum atomic E-state index is -0.543. The molecule has 1 amide bonds. The predicted octanol–water partition coefficient (Wildman–Crippen LogP) is 3.22. The molecule has 1 aromatic carbocycles. The van der Waals surface area contributed by atoms with Crippen molar-refractivity contribution in [1.29, 1.82) is 0 Å². The number of hydrogen-bond acceptors (Lipinski definition) is 2. The van der Waals surface area contributed by atoms with Crippen LogP contribution < -0.4 is 5.32 Å². The summed E-state index contributed by atoms with van der Waals surface area (Å²) in [6.07, 6.45) is 3.38. The summed E-state index contributed by atoms with van der Waals surface area (Å²) >= 11 is 3.18. The Morgan fingerprint density at radius 2 is 2.21 bits per heavy atom. The van der Waals surface area contributed by atoms with Gasteiger partial charge in [-0.25, -0.2) is 4.39 Å². The van der Waals surface area contributed by atoms with Crippen LogP contribution in [0.5, 0.6) is 0 Å². The SMILES string of the molecule is Cc1cnccc1CNC(=O)c1c(F)cccc1Br. The first kappa shape index (κ1) is 13.7. The molecule has 0 radical (unpaired) electrons. The Morgan fingerprint density at radius 1 is 1.42 bits per heavy atom. The van der Waals surface area contributed by atoms with Gasteiger partial charge in [0.15, 0.2) is 0 Å². The molecule has 0 spiro atoms. The highest BCUT2D eigenvalue weighted by Gasteiger charge is 2.15. The molecule has 1 N–H and O–H groups in total. The molecule has 1 aromatic heterocycles. The van der Waals surface area contributed by atoms with E-state index in [1.54, 1.807) is 24.5 Å². The summed E-state index contributed by atoms with van der Waals surface area (Å²) < 4.78 is 14.0. The van der Waals surface area contributed by atoms with Crippen LogP contribution >= 0.6 is 15.9 Å². The lowest BCUT2D eigenvalue weighted by Gasteiger charge is -2.09. The Bertz CT molecular complexity index is 596. The van der Waals surface area contributed by atoms with Gasteiger partial charge in [-0.2, -0.15) is 0 Å². The number of carbonyl (C=O) groups excluding carboxylic acids is 1. The summed E-state index contributed by atoms with van der Waals surface area (Å²) in [4.78, 5) is 16.0. The average Bonchev–Trinajstić information content (AvgIpc) is 2.37. The monoisotopic (exact) mass is 322 g/mol. The van der Waals surface area contributed by atoms with Gasteiger partial charge in [-0.3, -0.25) is 9.78 Å². The number of aromatic nitrogens is 1. The molecule has 0 bridgehead atoms. The quantitative estimate of drug-likeness (QED) is 0.942. The van der Waals surface area contributed by atoms with Gasteiger partial charge >= 0.3 is 0 Å². The topological polar surface area (TPSA) is 42.0 Å². The van der Waals surface area contributed by atoms with Gasteiger partial charge in [0.1, 0.15) is 5.82 Å². The van der Waals surface area contributed by atoms with Crippen molar-refractivity contribution in [2.24, 2.45) is 0 Å². The maximum absolute atomic E-state index is 13.6. The third kappa shape index (κ3) is 3.17. The molecule has 0 fully saturated rings. The van der Waals surface area contributed by atoms with E-state index in [0.29, 0.717) is 11.0 Å². The second kappa shape index (κ2) is 5.93. The van der Waals surface area contributed by atoms with Crippen molar-refractivity contribution in [2.45, 2.75) is 13.5 Å². The van der Waals surface area contributed by atoms with Crippen molar-refractivity contribution < 1.29 is 9.18 Å². The second-order valence-electron chi connectivity index (χ2n) is 4.08. The highest BCUT2D eigenvalue weighted by atomic mass is 79.9. The molecule has 0 aliphatic rings. The van der Waals surface area contributed by atoms with E-state index in [-0.39, 0.29) is 5.56 Å². The summed E-state index contributed by atoms with van der Waals surface area (Å²) in [5.41, 5.74) is 1.96. The average molecular weight is 323 g/mol. The molecule has 19 heavy (non-hydrogen) atoms. The number of pyridine rings is 1. The van der Waals surface area contributed by atoms with Crippen LogP contribution in [-0.2, 0) is 6.54 Å². The zero-order chi connectivity index (χ0) is 13.8. The molecule has 0 atom stereocenters. The van der Waals surface area contributed by atoms with E-state index in [2.05, 4.69) is 26.2 Å². The van der Waals surface area contributed by atoms with Gasteiger partial charge in [-0.15, -0.1) is 0 Å². The van der Waals surface area contributed by atoms with Gasteiger partial charge < -0.3 is 5.32 Å².